The summed E-state index contributed by atoms with van der Waals surface area (Å²) >= 11 is 1.37. The first-order valence-corrected chi connectivity index (χ1v) is 9.33. The molecular weight excluding hydrogens is 360 g/mol. The van der Waals surface area contributed by atoms with Gasteiger partial charge in [0.15, 0.2) is 10.9 Å². The second kappa shape index (κ2) is 6.89. The first-order chi connectivity index (χ1) is 13.0. The molecule has 0 spiro atoms. The summed E-state index contributed by atoms with van der Waals surface area (Å²) in [6.45, 7) is 3.89. The van der Waals surface area contributed by atoms with Crippen molar-refractivity contribution in [2.45, 2.75) is 13.8 Å². The number of nitrogens with zero attached hydrogens (tertiary/aromatic N) is 1. The average Bonchev–Trinajstić information content (AvgIpc) is 3.29. The number of nitrogens with one attached hydrogen (secondary N) is 1. The number of benzene rings is 2. The van der Waals surface area contributed by atoms with Crippen molar-refractivity contribution in [3.63, 3.8) is 0 Å². The Hall–Kier alpha value is -3.12. The Morgan fingerprint density at radius 3 is 2.81 bits per heavy atom. The molecule has 0 aliphatic rings. The van der Waals surface area contributed by atoms with Crippen LogP contribution in [0.2, 0.25) is 0 Å². The van der Waals surface area contributed by atoms with Gasteiger partial charge in [-0.1, -0.05) is 17.7 Å². The molecule has 0 aliphatic heterocycles. The molecule has 1 amide bonds. The van der Waals surface area contributed by atoms with E-state index in [4.69, 9.17) is 9.15 Å². The second-order valence-corrected chi connectivity index (χ2v) is 7.18. The van der Waals surface area contributed by atoms with Crippen molar-refractivity contribution < 1.29 is 13.9 Å². The summed E-state index contributed by atoms with van der Waals surface area (Å²) in [5.74, 6) is 1.27. The molecule has 4 aromatic rings. The number of carbonyl (C=O) groups is 1. The van der Waals surface area contributed by atoms with Gasteiger partial charge in [0, 0.05) is 16.3 Å². The van der Waals surface area contributed by atoms with Crippen LogP contribution in [0.15, 0.2) is 52.3 Å². The van der Waals surface area contributed by atoms with E-state index in [2.05, 4.69) is 10.3 Å². The van der Waals surface area contributed by atoms with Gasteiger partial charge in [0.2, 0.25) is 0 Å². The second-order valence-electron chi connectivity index (χ2n) is 6.32. The maximum atomic E-state index is 12.6. The normalized spacial score (nSPS) is 10.9. The Morgan fingerprint density at radius 1 is 1.15 bits per heavy atom. The van der Waals surface area contributed by atoms with Crippen LogP contribution in [0.1, 0.15) is 21.5 Å². The number of hydrogen-bond donors (Lipinski definition) is 1. The van der Waals surface area contributed by atoms with Gasteiger partial charge < -0.3 is 9.15 Å². The molecule has 0 bridgehead atoms. The number of thiazole rings is 1. The lowest BCUT2D eigenvalue weighted by atomic mass is 10.1. The van der Waals surface area contributed by atoms with Gasteiger partial charge in [-0.3, -0.25) is 10.1 Å². The van der Waals surface area contributed by atoms with Gasteiger partial charge in [0.25, 0.3) is 5.91 Å². The van der Waals surface area contributed by atoms with Crippen LogP contribution in [0.4, 0.5) is 5.13 Å². The summed E-state index contributed by atoms with van der Waals surface area (Å²) in [4.78, 5) is 17.1. The Balaban J connectivity index is 1.58. The number of methoxy groups -OCH3 is 1. The molecule has 0 radical (unpaired) electrons. The molecule has 27 heavy (non-hydrogen) atoms. The number of hydrogen-bond acceptors (Lipinski definition) is 5. The van der Waals surface area contributed by atoms with E-state index in [-0.39, 0.29) is 5.91 Å². The number of rotatable bonds is 4. The lowest BCUT2D eigenvalue weighted by molar-refractivity contribution is 0.102. The SMILES string of the molecule is COc1ccc2oc(-c3csc(NC(=O)c4cc(C)ccc4C)n3)cc2c1. The third-order valence-electron chi connectivity index (χ3n) is 4.34. The summed E-state index contributed by atoms with van der Waals surface area (Å²) in [5, 5.41) is 6.22. The van der Waals surface area contributed by atoms with Crippen LogP contribution in [0.5, 0.6) is 5.75 Å². The summed E-state index contributed by atoms with van der Waals surface area (Å²) in [5.41, 5.74) is 4.08. The summed E-state index contributed by atoms with van der Waals surface area (Å²) in [6, 6.07) is 13.4. The fourth-order valence-electron chi connectivity index (χ4n) is 2.86. The number of furan rings is 1. The van der Waals surface area contributed by atoms with Crippen molar-refractivity contribution in [3.05, 3.63) is 64.5 Å². The molecule has 136 valence electrons. The van der Waals surface area contributed by atoms with Crippen LogP contribution in [-0.2, 0) is 0 Å². The molecule has 0 saturated carbocycles. The quantitative estimate of drug-likeness (QED) is 0.514. The Bertz CT molecular complexity index is 1140. The van der Waals surface area contributed by atoms with Gasteiger partial charge in [-0.25, -0.2) is 4.98 Å². The number of anilines is 1. The smallest absolute Gasteiger partial charge is 0.257 e. The fraction of sp³-hybridized carbons (Fsp3) is 0.143. The molecule has 1 N–H and O–H groups in total. The van der Waals surface area contributed by atoms with Crippen molar-refractivity contribution in [2.24, 2.45) is 0 Å². The molecule has 4 rings (SSSR count). The molecule has 0 atom stereocenters. The minimum Gasteiger partial charge on any atom is -0.497 e. The van der Waals surface area contributed by atoms with E-state index in [1.807, 2.05) is 61.7 Å². The third-order valence-corrected chi connectivity index (χ3v) is 5.10. The van der Waals surface area contributed by atoms with E-state index < -0.39 is 0 Å². The summed E-state index contributed by atoms with van der Waals surface area (Å²) in [7, 11) is 1.63. The zero-order valence-corrected chi connectivity index (χ0v) is 16.0. The highest BCUT2D eigenvalue weighted by Gasteiger charge is 2.14. The Morgan fingerprint density at radius 2 is 2.00 bits per heavy atom. The molecule has 0 fully saturated rings. The van der Waals surface area contributed by atoms with Crippen molar-refractivity contribution in [3.8, 4) is 17.2 Å². The van der Waals surface area contributed by atoms with E-state index in [0.29, 0.717) is 22.1 Å². The highest BCUT2D eigenvalue weighted by atomic mass is 32.1. The Kier molecular flexibility index (Phi) is 4.41. The minimum absolute atomic E-state index is 0.161. The predicted molar refractivity (Wildman–Crippen MR) is 108 cm³/mol. The number of carbonyl (C=O) groups excluding carboxylic acids is 1. The summed E-state index contributed by atoms with van der Waals surface area (Å²) in [6.07, 6.45) is 0. The van der Waals surface area contributed by atoms with Gasteiger partial charge in [-0.15, -0.1) is 11.3 Å². The largest absolute Gasteiger partial charge is 0.497 e. The first kappa shape index (κ1) is 17.3. The van der Waals surface area contributed by atoms with Crippen molar-refractivity contribution in [1.82, 2.24) is 4.98 Å². The highest BCUT2D eigenvalue weighted by molar-refractivity contribution is 7.14. The van der Waals surface area contributed by atoms with Gasteiger partial charge in [-0.2, -0.15) is 0 Å². The van der Waals surface area contributed by atoms with Crippen molar-refractivity contribution in [2.75, 3.05) is 12.4 Å². The molecule has 2 aromatic heterocycles. The molecule has 6 heteroatoms. The van der Waals surface area contributed by atoms with Gasteiger partial charge >= 0.3 is 0 Å². The number of fused-ring (bicyclic) bond motifs is 1. The summed E-state index contributed by atoms with van der Waals surface area (Å²) < 4.78 is 11.1. The average molecular weight is 378 g/mol. The van der Waals surface area contributed by atoms with Crippen LogP contribution in [0.3, 0.4) is 0 Å². The van der Waals surface area contributed by atoms with Gasteiger partial charge in [0.1, 0.15) is 17.0 Å². The van der Waals surface area contributed by atoms with Gasteiger partial charge in [-0.05, 0) is 49.7 Å². The first-order valence-electron chi connectivity index (χ1n) is 8.45. The number of aryl methyl sites for hydroxylation is 2. The van der Waals surface area contributed by atoms with Crippen LogP contribution in [0.25, 0.3) is 22.4 Å². The molecule has 0 unspecified atom stereocenters. The van der Waals surface area contributed by atoms with E-state index in [1.54, 1.807) is 7.11 Å². The van der Waals surface area contributed by atoms with Crippen molar-refractivity contribution >= 4 is 33.3 Å². The standard InChI is InChI=1S/C21H18N2O3S/c1-12-4-5-13(2)16(8-12)20(24)23-21-22-17(11-27-21)19-10-14-9-15(25-3)6-7-18(14)26-19/h4-11H,1-3H3,(H,22,23,24). The van der Waals surface area contributed by atoms with Gasteiger partial charge in [0.05, 0.1) is 7.11 Å². The van der Waals surface area contributed by atoms with E-state index in [1.165, 1.54) is 11.3 Å². The minimum atomic E-state index is -0.161. The molecule has 2 aromatic carbocycles. The Labute approximate surface area is 160 Å². The van der Waals surface area contributed by atoms with Crippen LogP contribution in [-0.4, -0.2) is 18.0 Å². The molecule has 0 saturated heterocycles. The zero-order chi connectivity index (χ0) is 19.0. The monoisotopic (exact) mass is 378 g/mol. The topological polar surface area (TPSA) is 64.4 Å². The van der Waals surface area contributed by atoms with Crippen LogP contribution in [0, 0.1) is 13.8 Å². The molecule has 2 heterocycles. The van der Waals surface area contributed by atoms with E-state index in [0.717, 1.165) is 27.8 Å². The lowest BCUT2D eigenvalue weighted by Crippen LogP contribution is -2.13. The molecule has 0 aliphatic carbocycles. The maximum Gasteiger partial charge on any atom is 0.257 e. The highest BCUT2D eigenvalue weighted by Crippen LogP contribution is 2.32. The van der Waals surface area contributed by atoms with Crippen LogP contribution >= 0.6 is 11.3 Å². The zero-order valence-electron chi connectivity index (χ0n) is 15.2. The fourth-order valence-corrected chi connectivity index (χ4v) is 3.56. The third kappa shape index (κ3) is 3.44. The maximum absolute atomic E-state index is 12.6. The number of amides is 1. The van der Waals surface area contributed by atoms with E-state index in [9.17, 15) is 4.79 Å². The van der Waals surface area contributed by atoms with Crippen LogP contribution < -0.4 is 10.1 Å². The lowest BCUT2D eigenvalue weighted by Gasteiger charge is -2.06. The number of ether oxygens (including phenoxy) is 1. The molecular formula is C21H18N2O3S. The van der Waals surface area contributed by atoms with Crippen molar-refractivity contribution in [1.29, 1.82) is 0 Å². The predicted octanol–water partition coefficient (Wildman–Crippen LogP) is 5.43. The molecule has 5 nitrogen and oxygen atoms in total. The number of aromatic nitrogens is 1. The van der Waals surface area contributed by atoms with E-state index >= 15 is 0 Å².